The summed E-state index contributed by atoms with van der Waals surface area (Å²) >= 11 is 0. The number of unbranched alkanes of at least 4 members (excludes halogenated alkanes) is 1. The van der Waals surface area contributed by atoms with Crippen molar-refractivity contribution in [1.29, 1.82) is 0 Å². The average Bonchev–Trinajstić information content (AvgIpc) is 3.05. The second kappa shape index (κ2) is 8.09. The molecule has 0 spiro atoms. The summed E-state index contributed by atoms with van der Waals surface area (Å²) in [7, 11) is 0. The summed E-state index contributed by atoms with van der Waals surface area (Å²) in [4.78, 5) is 0. The number of hydrogen-bond donors (Lipinski definition) is 1. The van der Waals surface area contributed by atoms with Gasteiger partial charge in [-0.25, -0.2) is 0 Å². The Kier molecular flexibility index (Phi) is 6.05. The van der Waals surface area contributed by atoms with Crippen molar-refractivity contribution < 1.29 is 5.11 Å². The van der Waals surface area contributed by atoms with Crippen molar-refractivity contribution in [3.63, 3.8) is 0 Å². The lowest BCUT2D eigenvalue weighted by Gasteiger charge is -2.58. The van der Waals surface area contributed by atoms with Gasteiger partial charge in [-0.1, -0.05) is 58.6 Å². The third kappa shape index (κ3) is 3.42. The van der Waals surface area contributed by atoms with Crippen LogP contribution in [-0.2, 0) is 0 Å². The quantitative estimate of drug-likeness (QED) is 0.369. The van der Waals surface area contributed by atoms with E-state index in [0.29, 0.717) is 10.8 Å². The molecule has 3 fully saturated rings. The minimum absolute atomic E-state index is 0.0732. The lowest BCUT2D eigenvalue weighted by atomic mass is 9.46. The minimum Gasteiger partial charge on any atom is -0.393 e. The molecule has 0 amide bonds. The Morgan fingerprint density at radius 3 is 2.64 bits per heavy atom. The number of aliphatic hydroxyl groups excluding tert-OH is 1. The Labute approximate surface area is 174 Å². The van der Waals surface area contributed by atoms with E-state index in [-0.39, 0.29) is 6.10 Å². The van der Waals surface area contributed by atoms with E-state index >= 15 is 0 Å². The van der Waals surface area contributed by atoms with E-state index in [1.807, 2.05) is 0 Å². The molecule has 0 aromatic heterocycles. The minimum atomic E-state index is -0.0732. The fourth-order valence-electron chi connectivity index (χ4n) is 8.66. The molecule has 0 aliphatic heterocycles. The highest BCUT2D eigenvalue weighted by Gasteiger charge is 2.59. The van der Waals surface area contributed by atoms with Crippen LogP contribution in [0.15, 0.2) is 11.6 Å². The van der Waals surface area contributed by atoms with Gasteiger partial charge in [-0.15, -0.1) is 0 Å². The van der Waals surface area contributed by atoms with Crippen LogP contribution >= 0.6 is 0 Å². The smallest absolute Gasteiger partial charge is 0.0577 e. The van der Waals surface area contributed by atoms with Crippen LogP contribution in [-0.4, -0.2) is 11.2 Å². The van der Waals surface area contributed by atoms with Gasteiger partial charge in [0.25, 0.3) is 0 Å². The lowest BCUT2D eigenvalue weighted by molar-refractivity contribution is -0.0613. The number of aliphatic hydroxyl groups is 1. The van der Waals surface area contributed by atoms with Crippen molar-refractivity contribution in [2.24, 2.45) is 40.4 Å². The molecule has 0 saturated heterocycles. The molecule has 1 N–H and O–H groups in total. The van der Waals surface area contributed by atoms with Crippen LogP contribution < -0.4 is 0 Å². The van der Waals surface area contributed by atoms with Gasteiger partial charge in [0.15, 0.2) is 0 Å². The zero-order valence-electron chi connectivity index (χ0n) is 19.2. The van der Waals surface area contributed by atoms with E-state index in [1.165, 1.54) is 70.6 Å². The third-order valence-electron chi connectivity index (χ3n) is 10.2. The molecule has 7 atom stereocenters. The van der Waals surface area contributed by atoms with E-state index in [2.05, 4.69) is 33.8 Å². The molecule has 1 nitrogen and oxygen atoms in total. The summed E-state index contributed by atoms with van der Waals surface area (Å²) in [5.41, 5.74) is 2.69. The molecule has 0 bridgehead atoms. The summed E-state index contributed by atoms with van der Waals surface area (Å²) in [6.45, 7) is 9.83. The molecule has 4 aliphatic rings. The van der Waals surface area contributed by atoms with Crippen molar-refractivity contribution >= 4 is 0 Å². The van der Waals surface area contributed by atoms with E-state index < -0.39 is 0 Å². The number of allylic oxidation sites excluding steroid dienone is 1. The van der Waals surface area contributed by atoms with Crippen molar-refractivity contribution in [2.75, 3.05) is 0 Å². The molecule has 0 aromatic carbocycles. The molecule has 3 saturated carbocycles. The normalized spacial score (nSPS) is 45.4. The Hall–Kier alpha value is -0.300. The predicted molar refractivity (Wildman–Crippen MR) is 119 cm³/mol. The maximum Gasteiger partial charge on any atom is 0.0577 e. The molecule has 1 heteroatoms. The first kappa shape index (κ1) is 21.0. The molecular weight excluding hydrogens is 340 g/mol. The van der Waals surface area contributed by atoms with E-state index in [9.17, 15) is 5.11 Å². The number of rotatable bonds is 6. The van der Waals surface area contributed by atoms with Gasteiger partial charge in [0.2, 0.25) is 0 Å². The fourth-order valence-corrected chi connectivity index (χ4v) is 8.66. The number of fused-ring (bicyclic) bond motifs is 5. The van der Waals surface area contributed by atoms with Crippen LogP contribution in [0, 0.1) is 40.4 Å². The molecule has 0 heterocycles. The highest BCUT2D eigenvalue weighted by molar-refractivity contribution is 5.25. The molecular formula is C27H46O. The summed E-state index contributed by atoms with van der Waals surface area (Å²) in [5, 5.41) is 10.2. The summed E-state index contributed by atoms with van der Waals surface area (Å²) in [6.07, 6.45) is 20.3. The standard InChI is InChI=1S/C27H46O/c1-5-27-17-15-24-23(12-10-21-18-22(28)14-16-26(21,24)4)25(27)13-11-20(27)9-7-6-8-19(2)3/h10,19-20,22-25,28H,5-9,11-18H2,1-4H3/t20?,22?,23?,24?,25?,26?,27-/m1/s1. The summed E-state index contributed by atoms with van der Waals surface area (Å²) < 4.78 is 0. The van der Waals surface area contributed by atoms with E-state index in [1.54, 1.807) is 5.57 Å². The lowest BCUT2D eigenvalue weighted by Crippen LogP contribution is -2.51. The Morgan fingerprint density at radius 1 is 1.07 bits per heavy atom. The highest BCUT2D eigenvalue weighted by atomic mass is 16.3. The van der Waals surface area contributed by atoms with Gasteiger partial charge < -0.3 is 5.11 Å². The Balaban J connectivity index is 1.49. The van der Waals surface area contributed by atoms with Gasteiger partial charge in [0.05, 0.1) is 6.10 Å². The topological polar surface area (TPSA) is 20.2 Å². The SMILES string of the molecule is CC[C@]12CCC3C(CC=C4CC(O)CCC43C)C1CCC2CCCCC(C)C. The summed E-state index contributed by atoms with van der Waals surface area (Å²) in [6, 6.07) is 0. The molecule has 4 rings (SSSR count). The first-order chi connectivity index (χ1) is 13.4. The van der Waals surface area contributed by atoms with Crippen LogP contribution in [0.3, 0.4) is 0 Å². The van der Waals surface area contributed by atoms with Crippen molar-refractivity contribution in [2.45, 2.75) is 117 Å². The molecule has 0 radical (unpaired) electrons. The van der Waals surface area contributed by atoms with Crippen LogP contribution in [0.5, 0.6) is 0 Å². The highest BCUT2D eigenvalue weighted by Crippen LogP contribution is 2.67. The van der Waals surface area contributed by atoms with Crippen LogP contribution in [0.1, 0.15) is 111 Å². The first-order valence-corrected chi connectivity index (χ1v) is 12.8. The molecule has 160 valence electrons. The average molecular weight is 387 g/mol. The zero-order chi connectivity index (χ0) is 19.9. The second-order valence-corrected chi connectivity index (χ2v) is 11.7. The zero-order valence-corrected chi connectivity index (χ0v) is 19.2. The fraction of sp³-hybridized carbons (Fsp3) is 0.926. The third-order valence-corrected chi connectivity index (χ3v) is 10.2. The second-order valence-electron chi connectivity index (χ2n) is 11.7. The Bertz CT molecular complexity index is 577. The van der Waals surface area contributed by atoms with Crippen molar-refractivity contribution in [3.8, 4) is 0 Å². The van der Waals surface area contributed by atoms with Gasteiger partial charge in [-0.3, -0.25) is 0 Å². The predicted octanol–water partition coefficient (Wildman–Crippen LogP) is 7.53. The maximum atomic E-state index is 10.2. The Morgan fingerprint density at radius 2 is 1.89 bits per heavy atom. The molecule has 0 aromatic rings. The van der Waals surface area contributed by atoms with Gasteiger partial charge in [-0.05, 0) is 105 Å². The van der Waals surface area contributed by atoms with Gasteiger partial charge in [0, 0.05) is 0 Å². The molecule has 28 heavy (non-hydrogen) atoms. The summed E-state index contributed by atoms with van der Waals surface area (Å²) in [5.74, 6) is 4.67. The largest absolute Gasteiger partial charge is 0.393 e. The first-order valence-electron chi connectivity index (χ1n) is 12.8. The molecule has 6 unspecified atom stereocenters. The van der Waals surface area contributed by atoms with Gasteiger partial charge in [-0.2, -0.15) is 0 Å². The number of hydrogen-bond acceptors (Lipinski definition) is 1. The van der Waals surface area contributed by atoms with Gasteiger partial charge in [0.1, 0.15) is 0 Å². The monoisotopic (exact) mass is 386 g/mol. The van der Waals surface area contributed by atoms with Crippen LogP contribution in [0.4, 0.5) is 0 Å². The van der Waals surface area contributed by atoms with Crippen molar-refractivity contribution in [1.82, 2.24) is 0 Å². The maximum absolute atomic E-state index is 10.2. The van der Waals surface area contributed by atoms with Crippen molar-refractivity contribution in [3.05, 3.63) is 11.6 Å². The van der Waals surface area contributed by atoms with E-state index in [0.717, 1.165) is 42.4 Å². The van der Waals surface area contributed by atoms with Crippen LogP contribution in [0.2, 0.25) is 0 Å². The van der Waals surface area contributed by atoms with Crippen LogP contribution in [0.25, 0.3) is 0 Å². The molecule has 4 aliphatic carbocycles. The van der Waals surface area contributed by atoms with E-state index in [4.69, 9.17) is 0 Å². The van der Waals surface area contributed by atoms with Gasteiger partial charge >= 0.3 is 0 Å².